The van der Waals surface area contributed by atoms with Gasteiger partial charge in [0.15, 0.2) is 0 Å². The average Bonchev–Trinajstić information content (AvgIpc) is 2.44. The van der Waals surface area contributed by atoms with Crippen LogP contribution in [0.25, 0.3) is 0 Å². The van der Waals surface area contributed by atoms with E-state index in [0.29, 0.717) is 15.7 Å². The summed E-state index contributed by atoms with van der Waals surface area (Å²) in [6.07, 6.45) is 0. The molecule has 0 aliphatic heterocycles. The quantitative estimate of drug-likeness (QED) is 0.828. The molecule has 6 heteroatoms. The summed E-state index contributed by atoms with van der Waals surface area (Å²) in [5, 5.41) is 3.57. The second-order valence-electron chi connectivity index (χ2n) is 4.36. The Morgan fingerprint density at radius 1 is 1.14 bits per heavy atom. The molecular weight excluding hydrogens is 327 g/mol. The van der Waals surface area contributed by atoms with Crippen molar-refractivity contribution >= 4 is 52.0 Å². The SMILES string of the molecule is NC(=S)C(C(=O)Nc1cc(Cl)ccc1Cl)c1ccccc1. The lowest BCUT2D eigenvalue weighted by molar-refractivity contribution is -0.116. The van der Waals surface area contributed by atoms with Crippen LogP contribution in [0, 0.1) is 0 Å². The first-order valence-corrected chi connectivity index (χ1v) is 7.25. The van der Waals surface area contributed by atoms with E-state index in [1.165, 1.54) is 0 Å². The number of carbonyl (C=O) groups excluding carboxylic acids is 1. The van der Waals surface area contributed by atoms with Crippen molar-refractivity contribution in [2.75, 3.05) is 5.32 Å². The van der Waals surface area contributed by atoms with E-state index in [9.17, 15) is 4.79 Å². The van der Waals surface area contributed by atoms with Crippen LogP contribution in [0.15, 0.2) is 48.5 Å². The molecule has 1 amide bonds. The summed E-state index contributed by atoms with van der Waals surface area (Å²) in [5.74, 6) is -1.07. The molecule has 0 saturated carbocycles. The summed E-state index contributed by atoms with van der Waals surface area (Å²) >= 11 is 16.9. The van der Waals surface area contributed by atoms with Crippen molar-refractivity contribution in [2.45, 2.75) is 5.92 Å². The predicted molar refractivity (Wildman–Crippen MR) is 91.1 cm³/mol. The van der Waals surface area contributed by atoms with Gasteiger partial charge in [-0.05, 0) is 23.8 Å². The van der Waals surface area contributed by atoms with Gasteiger partial charge in [0.25, 0.3) is 0 Å². The summed E-state index contributed by atoms with van der Waals surface area (Å²) < 4.78 is 0. The maximum absolute atomic E-state index is 12.4. The number of halogens is 2. The number of nitrogens with one attached hydrogen (secondary N) is 1. The molecule has 0 aliphatic rings. The lowest BCUT2D eigenvalue weighted by atomic mass is 9.98. The highest BCUT2D eigenvalue weighted by molar-refractivity contribution is 7.80. The Morgan fingerprint density at radius 3 is 2.43 bits per heavy atom. The van der Waals surface area contributed by atoms with Crippen molar-refractivity contribution in [3.8, 4) is 0 Å². The van der Waals surface area contributed by atoms with Crippen LogP contribution in [0.4, 0.5) is 5.69 Å². The molecule has 2 aromatic rings. The minimum Gasteiger partial charge on any atom is -0.392 e. The van der Waals surface area contributed by atoms with Crippen LogP contribution >= 0.6 is 35.4 Å². The van der Waals surface area contributed by atoms with Crippen molar-refractivity contribution in [3.63, 3.8) is 0 Å². The van der Waals surface area contributed by atoms with E-state index in [4.69, 9.17) is 41.2 Å². The summed E-state index contributed by atoms with van der Waals surface area (Å²) in [6.45, 7) is 0. The zero-order valence-corrected chi connectivity index (χ0v) is 13.2. The maximum atomic E-state index is 12.4. The van der Waals surface area contributed by atoms with Crippen molar-refractivity contribution in [1.29, 1.82) is 0 Å². The van der Waals surface area contributed by atoms with Crippen LogP contribution in [0.3, 0.4) is 0 Å². The van der Waals surface area contributed by atoms with Gasteiger partial charge in [0.2, 0.25) is 5.91 Å². The number of nitrogens with two attached hydrogens (primary N) is 1. The Balaban J connectivity index is 2.28. The minimum atomic E-state index is -0.726. The van der Waals surface area contributed by atoms with Crippen LogP contribution in [-0.2, 0) is 4.79 Å². The molecular formula is C15H12Cl2N2OS. The molecule has 2 aromatic carbocycles. The van der Waals surface area contributed by atoms with E-state index in [1.54, 1.807) is 30.3 Å². The summed E-state index contributed by atoms with van der Waals surface area (Å²) in [5.41, 5.74) is 6.85. The fraction of sp³-hybridized carbons (Fsp3) is 0.0667. The smallest absolute Gasteiger partial charge is 0.238 e. The lowest BCUT2D eigenvalue weighted by Crippen LogP contribution is -2.31. The number of amides is 1. The molecule has 3 nitrogen and oxygen atoms in total. The Bertz CT molecular complexity index is 677. The number of carbonyl (C=O) groups is 1. The van der Waals surface area contributed by atoms with Gasteiger partial charge >= 0.3 is 0 Å². The Morgan fingerprint density at radius 2 is 1.81 bits per heavy atom. The first-order valence-electron chi connectivity index (χ1n) is 6.09. The third kappa shape index (κ3) is 3.94. The van der Waals surface area contributed by atoms with Crippen LogP contribution in [-0.4, -0.2) is 10.9 Å². The molecule has 0 aromatic heterocycles. The number of anilines is 1. The number of benzene rings is 2. The van der Waals surface area contributed by atoms with Gasteiger partial charge < -0.3 is 11.1 Å². The van der Waals surface area contributed by atoms with E-state index >= 15 is 0 Å². The number of hydrogen-bond acceptors (Lipinski definition) is 2. The van der Waals surface area contributed by atoms with Crippen LogP contribution in [0.2, 0.25) is 10.0 Å². The molecule has 0 radical (unpaired) electrons. The average molecular weight is 339 g/mol. The van der Waals surface area contributed by atoms with Crippen LogP contribution in [0.1, 0.15) is 11.5 Å². The van der Waals surface area contributed by atoms with E-state index in [-0.39, 0.29) is 10.9 Å². The third-order valence-corrected chi connectivity index (χ3v) is 3.67. The van der Waals surface area contributed by atoms with Crippen LogP contribution < -0.4 is 11.1 Å². The molecule has 0 heterocycles. The van der Waals surface area contributed by atoms with Gasteiger partial charge in [0, 0.05) is 5.02 Å². The van der Waals surface area contributed by atoms with Crippen molar-refractivity contribution in [2.24, 2.45) is 5.73 Å². The molecule has 3 N–H and O–H groups in total. The molecule has 2 rings (SSSR count). The summed E-state index contributed by atoms with van der Waals surface area (Å²) in [7, 11) is 0. The van der Waals surface area contributed by atoms with Gasteiger partial charge in [-0.1, -0.05) is 65.8 Å². The first kappa shape index (κ1) is 15.8. The second-order valence-corrected chi connectivity index (χ2v) is 5.67. The topological polar surface area (TPSA) is 55.1 Å². The van der Waals surface area contributed by atoms with Gasteiger partial charge in [0.05, 0.1) is 15.7 Å². The van der Waals surface area contributed by atoms with E-state index in [1.807, 2.05) is 18.2 Å². The Labute approximate surface area is 138 Å². The maximum Gasteiger partial charge on any atom is 0.238 e. The molecule has 0 fully saturated rings. The van der Waals surface area contributed by atoms with Gasteiger partial charge in [-0.3, -0.25) is 4.79 Å². The fourth-order valence-electron chi connectivity index (χ4n) is 1.89. The standard InChI is InChI=1S/C15H12Cl2N2OS/c16-10-6-7-11(17)12(8-10)19-15(20)13(14(18)21)9-4-2-1-3-5-9/h1-8,13H,(H2,18,21)(H,19,20). The molecule has 108 valence electrons. The molecule has 1 atom stereocenters. The molecule has 0 bridgehead atoms. The van der Waals surface area contributed by atoms with Crippen molar-refractivity contribution in [3.05, 3.63) is 64.1 Å². The van der Waals surface area contributed by atoms with Gasteiger partial charge in [-0.25, -0.2) is 0 Å². The fourth-order valence-corrected chi connectivity index (χ4v) is 2.47. The van der Waals surface area contributed by atoms with Crippen molar-refractivity contribution < 1.29 is 4.79 Å². The molecule has 0 saturated heterocycles. The first-order chi connectivity index (χ1) is 9.99. The number of rotatable bonds is 4. The predicted octanol–water partition coefficient (Wildman–Crippen LogP) is 4.00. The highest BCUT2D eigenvalue weighted by Gasteiger charge is 2.24. The van der Waals surface area contributed by atoms with E-state index in [0.717, 1.165) is 5.56 Å². The van der Waals surface area contributed by atoms with Crippen LogP contribution in [0.5, 0.6) is 0 Å². The Hall–Kier alpha value is -1.62. The molecule has 0 aliphatic carbocycles. The zero-order valence-electron chi connectivity index (χ0n) is 10.8. The monoisotopic (exact) mass is 338 g/mol. The van der Waals surface area contributed by atoms with Gasteiger partial charge in [0.1, 0.15) is 5.92 Å². The highest BCUT2D eigenvalue weighted by Crippen LogP contribution is 2.27. The van der Waals surface area contributed by atoms with Crippen molar-refractivity contribution in [1.82, 2.24) is 0 Å². The largest absolute Gasteiger partial charge is 0.392 e. The third-order valence-electron chi connectivity index (χ3n) is 2.87. The molecule has 1 unspecified atom stereocenters. The second kappa shape index (κ2) is 6.89. The van der Waals surface area contributed by atoms with E-state index < -0.39 is 5.92 Å². The number of hydrogen-bond donors (Lipinski definition) is 2. The van der Waals surface area contributed by atoms with E-state index in [2.05, 4.69) is 5.32 Å². The zero-order chi connectivity index (χ0) is 15.4. The van der Waals surface area contributed by atoms with Gasteiger partial charge in [-0.15, -0.1) is 0 Å². The molecule has 0 spiro atoms. The molecule has 21 heavy (non-hydrogen) atoms. The van der Waals surface area contributed by atoms with Gasteiger partial charge in [-0.2, -0.15) is 0 Å². The summed E-state index contributed by atoms with van der Waals surface area (Å²) in [6, 6.07) is 13.9. The lowest BCUT2D eigenvalue weighted by Gasteiger charge is -2.16. The highest BCUT2D eigenvalue weighted by atomic mass is 35.5. The summed E-state index contributed by atoms with van der Waals surface area (Å²) in [4.78, 5) is 12.5. The number of thiocarbonyl (C=S) groups is 1. The normalized spacial score (nSPS) is 11.7. The Kier molecular flexibility index (Phi) is 5.17. The minimum absolute atomic E-state index is 0.0943.